The van der Waals surface area contributed by atoms with Crippen molar-refractivity contribution in [1.82, 2.24) is 9.88 Å². The molecule has 5 nitrogen and oxygen atoms in total. The summed E-state index contributed by atoms with van der Waals surface area (Å²) in [6.45, 7) is 7.63. The van der Waals surface area contributed by atoms with Crippen LogP contribution >= 0.6 is 0 Å². The highest BCUT2D eigenvalue weighted by Crippen LogP contribution is 2.32. The summed E-state index contributed by atoms with van der Waals surface area (Å²) in [6, 6.07) is 4.01. The van der Waals surface area contributed by atoms with Gasteiger partial charge in [0.15, 0.2) is 0 Å². The van der Waals surface area contributed by atoms with E-state index in [1.807, 2.05) is 20.8 Å². The van der Waals surface area contributed by atoms with E-state index in [-0.39, 0.29) is 11.8 Å². The Morgan fingerprint density at radius 1 is 1.25 bits per heavy atom. The zero-order chi connectivity index (χ0) is 18.1. The fraction of sp³-hybridized carbons (Fsp3) is 0.467. The Labute approximate surface area is 138 Å². The van der Waals surface area contributed by atoms with Crippen molar-refractivity contribution in [2.24, 2.45) is 0 Å². The van der Waals surface area contributed by atoms with Gasteiger partial charge >= 0.3 is 15.6 Å². The predicted octanol–water partition coefficient (Wildman–Crippen LogP) is 3.80. The van der Waals surface area contributed by atoms with Gasteiger partial charge in [-0.25, -0.2) is 0 Å². The third kappa shape index (κ3) is 3.51. The average Bonchev–Trinajstić information content (AvgIpc) is 2.89. The lowest BCUT2D eigenvalue weighted by molar-refractivity contribution is -0.0500. The molecule has 0 bridgehead atoms. The minimum absolute atomic E-state index is 0.0169. The summed E-state index contributed by atoms with van der Waals surface area (Å²) >= 11 is 0. The molecule has 0 aliphatic rings. The van der Waals surface area contributed by atoms with Crippen LogP contribution in [0.3, 0.4) is 0 Å². The summed E-state index contributed by atoms with van der Waals surface area (Å²) in [5.74, 6) is -0.368. The van der Waals surface area contributed by atoms with Crippen molar-refractivity contribution in [3.8, 4) is 5.75 Å². The van der Waals surface area contributed by atoms with Gasteiger partial charge in [0.2, 0.25) is 0 Å². The molecule has 1 atom stereocenters. The molecule has 0 amide bonds. The smallest absolute Gasteiger partial charge is 0.376 e. The van der Waals surface area contributed by atoms with E-state index in [9.17, 15) is 21.6 Å². The third-order valence-corrected chi connectivity index (χ3v) is 4.96. The lowest BCUT2D eigenvalue weighted by Gasteiger charge is -2.26. The van der Waals surface area contributed by atoms with Gasteiger partial charge in [-0.05, 0) is 43.8 Å². The summed E-state index contributed by atoms with van der Waals surface area (Å²) in [5, 5.41) is 0.629. The predicted molar refractivity (Wildman–Crippen MR) is 85.2 cm³/mol. The van der Waals surface area contributed by atoms with Crippen LogP contribution in [0.5, 0.6) is 5.75 Å². The highest BCUT2D eigenvalue weighted by Gasteiger charge is 2.48. The Balaban J connectivity index is 2.42. The maximum atomic E-state index is 12.5. The maximum absolute atomic E-state index is 12.5. The zero-order valence-corrected chi connectivity index (χ0v) is 14.3. The van der Waals surface area contributed by atoms with E-state index in [4.69, 9.17) is 0 Å². The number of aromatic nitrogens is 1. The fourth-order valence-corrected chi connectivity index (χ4v) is 3.11. The second kappa shape index (κ2) is 6.64. The number of rotatable bonds is 6. The number of nitrogens with zero attached hydrogens (tertiary/aromatic N) is 1. The maximum Gasteiger partial charge on any atom is 0.534 e. The second-order valence-corrected chi connectivity index (χ2v) is 6.87. The SMILES string of the molecule is CCN(CC)C(C)c1c[nH]c2ccc(OS(=O)(=O)C(F)(F)F)cc12. The number of alkyl halides is 3. The van der Waals surface area contributed by atoms with Crippen LogP contribution in [0.15, 0.2) is 24.4 Å². The number of benzene rings is 1. The van der Waals surface area contributed by atoms with Gasteiger partial charge in [0.05, 0.1) is 0 Å². The minimum Gasteiger partial charge on any atom is -0.376 e. The molecule has 0 radical (unpaired) electrons. The molecule has 1 aromatic carbocycles. The van der Waals surface area contributed by atoms with Crippen LogP contribution in [-0.4, -0.2) is 36.9 Å². The Morgan fingerprint density at radius 3 is 2.42 bits per heavy atom. The summed E-state index contributed by atoms with van der Waals surface area (Å²) in [5.41, 5.74) is -3.90. The van der Waals surface area contributed by atoms with E-state index in [0.717, 1.165) is 18.7 Å². The fourth-order valence-electron chi connectivity index (χ4n) is 2.66. The van der Waals surface area contributed by atoms with Gasteiger partial charge in [-0.3, -0.25) is 4.90 Å². The number of halogens is 3. The lowest BCUT2D eigenvalue weighted by Crippen LogP contribution is -2.28. The van der Waals surface area contributed by atoms with E-state index >= 15 is 0 Å². The van der Waals surface area contributed by atoms with Gasteiger partial charge < -0.3 is 9.17 Å². The van der Waals surface area contributed by atoms with Crippen molar-refractivity contribution < 1.29 is 25.8 Å². The van der Waals surface area contributed by atoms with Crippen LogP contribution in [0.1, 0.15) is 32.4 Å². The molecule has 1 heterocycles. The highest BCUT2D eigenvalue weighted by molar-refractivity contribution is 7.88. The van der Waals surface area contributed by atoms with E-state index in [2.05, 4.69) is 14.1 Å². The Bertz CT molecular complexity index is 811. The lowest BCUT2D eigenvalue weighted by atomic mass is 10.1. The monoisotopic (exact) mass is 364 g/mol. The molecule has 134 valence electrons. The standard InChI is InChI=1S/C15H19F3N2O3S/c1-4-20(5-2)10(3)13-9-19-14-7-6-11(8-12(13)14)23-24(21,22)15(16,17)18/h6-10,19H,4-5H2,1-3H3. The average molecular weight is 364 g/mol. The number of nitrogens with one attached hydrogen (secondary N) is 1. The molecular formula is C15H19F3N2O3S. The van der Waals surface area contributed by atoms with Gasteiger partial charge in [0.25, 0.3) is 0 Å². The minimum atomic E-state index is -5.68. The molecule has 0 aliphatic carbocycles. The quantitative estimate of drug-likeness (QED) is 0.626. The summed E-state index contributed by atoms with van der Waals surface area (Å²) in [4.78, 5) is 5.21. The van der Waals surface area contributed by atoms with E-state index < -0.39 is 15.6 Å². The van der Waals surface area contributed by atoms with Gasteiger partial charge in [0, 0.05) is 23.1 Å². The van der Waals surface area contributed by atoms with Crippen molar-refractivity contribution in [1.29, 1.82) is 0 Å². The summed E-state index contributed by atoms with van der Waals surface area (Å²) < 4.78 is 63.9. The molecule has 2 rings (SSSR count). The van der Waals surface area contributed by atoms with Gasteiger partial charge in [-0.15, -0.1) is 0 Å². The number of hydrogen-bond donors (Lipinski definition) is 1. The number of fused-ring (bicyclic) bond motifs is 1. The van der Waals surface area contributed by atoms with Crippen molar-refractivity contribution in [2.45, 2.75) is 32.3 Å². The second-order valence-electron chi connectivity index (χ2n) is 5.33. The number of H-pyrrole nitrogens is 1. The first kappa shape index (κ1) is 18.6. The summed E-state index contributed by atoms with van der Waals surface area (Å²) in [6.07, 6.45) is 1.77. The van der Waals surface area contributed by atoms with Gasteiger partial charge in [-0.2, -0.15) is 21.6 Å². The molecule has 24 heavy (non-hydrogen) atoms. The first-order valence-corrected chi connectivity index (χ1v) is 8.87. The van der Waals surface area contributed by atoms with Crippen LogP contribution in [0.4, 0.5) is 13.2 Å². The molecule has 0 fully saturated rings. The van der Waals surface area contributed by atoms with Crippen LogP contribution in [0.25, 0.3) is 10.9 Å². The molecule has 1 N–H and O–H groups in total. The first-order chi connectivity index (χ1) is 11.1. The summed E-state index contributed by atoms with van der Waals surface area (Å²) in [7, 11) is -5.68. The molecule has 2 aromatic rings. The van der Waals surface area contributed by atoms with Gasteiger partial charge in [0.1, 0.15) is 5.75 Å². The highest BCUT2D eigenvalue weighted by atomic mass is 32.2. The third-order valence-electron chi connectivity index (χ3n) is 3.98. The molecule has 1 aromatic heterocycles. The largest absolute Gasteiger partial charge is 0.534 e. The van der Waals surface area contributed by atoms with E-state index in [1.54, 1.807) is 6.20 Å². The van der Waals surface area contributed by atoms with Crippen LogP contribution in [0, 0.1) is 0 Å². The van der Waals surface area contributed by atoms with Crippen LogP contribution < -0.4 is 4.18 Å². The van der Waals surface area contributed by atoms with Crippen molar-refractivity contribution in [3.63, 3.8) is 0 Å². The molecule has 9 heteroatoms. The van der Waals surface area contributed by atoms with Crippen LogP contribution in [-0.2, 0) is 10.1 Å². The van der Waals surface area contributed by atoms with Crippen molar-refractivity contribution in [3.05, 3.63) is 30.0 Å². The molecule has 0 spiro atoms. The van der Waals surface area contributed by atoms with E-state index in [1.165, 1.54) is 18.2 Å². The van der Waals surface area contributed by atoms with Crippen LogP contribution in [0.2, 0.25) is 0 Å². The molecule has 0 saturated carbocycles. The molecule has 0 aliphatic heterocycles. The van der Waals surface area contributed by atoms with E-state index in [0.29, 0.717) is 10.9 Å². The molecule has 0 saturated heterocycles. The molecule has 1 unspecified atom stereocenters. The number of aromatic amines is 1. The molecular weight excluding hydrogens is 345 g/mol. The Kier molecular flexibility index (Phi) is 5.14. The van der Waals surface area contributed by atoms with Crippen molar-refractivity contribution in [2.75, 3.05) is 13.1 Å². The normalized spacial score (nSPS) is 14.3. The number of hydrogen-bond acceptors (Lipinski definition) is 4. The topological polar surface area (TPSA) is 62.4 Å². The zero-order valence-electron chi connectivity index (χ0n) is 13.5. The van der Waals surface area contributed by atoms with Gasteiger partial charge in [-0.1, -0.05) is 13.8 Å². The Morgan fingerprint density at radius 2 is 1.88 bits per heavy atom. The first-order valence-electron chi connectivity index (χ1n) is 7.46. The Hall–Kier alpha value is -1.74. The van der Waals surface area contributed by atoms with Crippen molar-refractivity contribution >= 4 is 21.0 Å².